The first kappa shape index (κ1) is 13.4. The fourth-order valence-corrected chi connectivity index (χ4v) is 2.66. The van der Waals surface area contributed by atoms with Gasteiger partial charge in [0, 0.05) is 17.7 Å². The van der Waals surface area contributed by atoms with Crippen molar-refractivity contribution < 1.29 is 32.9 Å². The van der Waals surface area contributed by atoms with E-state index in [0.29, 0.717) is 0 Å². The molecular formula is C13H10FIN2S. The molecule has 1 aromatic carbocycles. The fraction of sp³-hybridized carbons (Fsp3) is 0.0769. The van der Waals surface area contributed by atoms with E-state index in [1.807, 2.05) is 36.1 Å². The summed E-state index contributed by atoms with van der Waals surface area (Å²) in [6, 6.07) is 8.70. The molecule has 2 heterocycles. The van der Waals surface area contributed by atoms with E-state index < -0.39 is 0 Å². The molecule has 18 heavy (non-hydrogen) atoms. The SMILES string of the molecule is C[n+]1ccc(-c2nc3ccc(F)cc3s2)cc1.[I-]. The molecule has 0 saturated heterocycles. The van der Waals surface area contributed by atoms with E-state index in [1.165, 1.54) is 23.5 Å². The summed E-state index contributed by atoms with van der Waals surface area (Å²) in [7, 11) is 1.97. The van der Waals surface area contributed by atoms with Gasteiger partial charge in [0.25, 0.3) is 0 Å². The Bertz CT molecular complexity index is 679. The number of hydrogen-bond donors (Lipinski definition) is 0. The number of benzene rings is 1. The molecule has 3 aromatic rings. The van der Waals surface area contributed by atoms with E-state index in [0.717, 1.165) is 20.8 Å². The smallest absolute Gasteiger partial charge is 0.169 e. The fourth-order valence-electron chi connectivity index (χ4n) is 1.67. The lowest BCUT2D eigenvalue weighted by molar-refractivity contribution is -0.671. The molecule has 2 nitrogen and oxygen atoms in total. The van der Waals surface area contributed by atoms with Crippen LogP contribution in [0.2, 0.25) is 0 Å². The Kier molecular flexibility index (Phi) is 3.91. The standard InChI is InChI=1S/C13H10FN2S.HI/c1-16-6-4-9(5-7-16)13-15-11-3-2-10(14)8-12(11)17-13;/h2-8H,1H3;1H/q+1;/p-1. The van der Waals surface area contributed by atoms with Crippen LogP contribution in [0.15, 0.2) is 42.7 Å². The third kappa shape index (κ3) is 2.51. The van der Waals surface area contributed by atoms with Gasteiger partial charge in [-0.2, -0.15) is 0 Å². The van der Waals surface area contributed by atoms with Gasteiger partial charge in [-0.1, -0.05) is 0 Å². The Balaban J connectivity index is 0.00000120. The van der Waals surface area contributed by atoms with Crippen LogP contribution >= 0.6 is 11.3 Å². The van der Waals surface area contributed by atoms with Gasteiger partial charge < -0.3 is 24.0 Å². The summed E-state index contributed by atoms with van der Waals surface area (Å²) in [5.41, 5.74) is 1.91. The number of thiazole rings is 1. The van der Waals surface area contributed by atoms with Crippen molar-refractivity contribution in [3.8, 4) is 10.6 Å². The van der Waals surface area contributed by atoms with Crippen LogP contribution < -0.4 is 28.5 Å². The largest absolute Gasteiger partial charge is 1.00 e. The number of nitrogens with zero attached hydrogens (tertiary/aromatic N) is 2. The molecule has 0 aliphatic heterocycles. The Labute approximate surface area is 125 Å². The van der Waals surface area contributed by atoms with Crippen LogP contribution in [-0.2, 0) is 7.05 Å². The van der Waals surface area contributed by atoms with Crippen LogP contribution in [0.1, 0.15) is 0 Å². The molecule has 0 unspecified atom stereocenters. The van der Waals surface area contributed by atoms with Gasteiger partial charge in [-0.15, -0.1) is 11.3 Å². The molecule has 0 saturated carbocycles. The summed E-state index contributed by atoms with van der Waals surface area (Å²) < 4.78 is 15.9. The lowest BCUT2D eigenvalue weighted by Gasteiger charge is -1.92. The molecule has 5 heteroatoms. The third-order valence-corrected chi connectivity index (χ3v) is 3.64. The van der Waals surface area contributed by atoms with Crippen molar-refractivity contribution in [3.63, 3.8) is 0 Å². The molecular weight excluding hydrogens is 362 g/mol. The molecule has 0 spiro atoms. The first-order valence-electron chi connectivity index (χ1n) is 5.24. The molecule has 0 bridgehead atoms. The molecule has 92 valence electrons. The van der Waals surface area contributed by atoms with Crippen LogP contribution in [0.25, 0.3) is 20.8 Å². The number of hydrogen-bond acceptors (Lipinski definition) is 2. The number of rotatable bonds is 1. The maximum Gasteiger partial charge on any atom is 0.169 e. The van der Waals surface area contributed by atoms with E-state index in [2.05, 4.69) is 4.98 Å². The van der Waals surface area contributed by atoms with Crippen LogP contribution in [0.3, 0.4) is 0 Å². The number of aromatic nitrogens is 2. The average Bonchev–Trinajstić information content (AvgIpc) is 2.72. The molecule has 0 fully saturated rings. The van der Waals surface area contributed by atoms with Crippen molar-refractivity contribution in [2.45, 2.75) is 0 Å². The van der Waals surface area contributed by atoms with Crippen molar-refractivity contribution in [3.05, 3.63) is 48.5 Å². The molecule has 0 N–H and O–H groups in total. The highest BCUT2D eigenvalue weighted by atomic mass is 127. The summed E-state index contributed by atoms with van der Waals surface area (Å²) in [6.07, 6.45) is 3.95. The molecule has 0 atom stereocenters. The van der Waals surface area contributed by atoms with Gasteiger partial charge in [0.15, 0.2) is 12.4 Å². The second-order valence-electron chi connectivity index (χ2n) is 3.88. The maximum absolute atomic E-state index is 13.1. The normalized spacial score (nSPS) is 10.3. The van der Waals surface area contributed by atoms with E-state index in [1.54, 1.807) is 6.07 Å². The molecule has 3 rings (SSSR count). The second-order valence-corrected chi connectivity index (χ2v) is 4.91. The average molecular weight is 372 g/mol. The quantitative estimate of drug-likeness (QED) is 0.432. The van der Waals surface area contributed by atoms with Crippen molar-refractivity contribution >= 4 is 21.6 Å². The third-order valence-electron chi connectivity index (χ3n) is 2.58. The van der Waals surface area contributed by atoms with Crippen LogP contribution in [0.5, 0.6) is 0 Å². The van der Waals surface area contributed by atoms with E-state index in [-0.39, 0.29) is 29.8 Å². The predicted molar refractivity (Wildman–Crippen MR) is 66.2 cm³/mol. The first-order valence-corrected chi connectivity index (χ1v) is 6.06. The zero-order chi connectivity index (χ0) is 11.8. The summed E-state index contributed by atoms with van der Waals surface area (Å²) in [5.74, 6) is -0.216. The van der Waals surface area contributed by atoms with E-state index >= 15 is 0 Å². The topological polar surface area (TPSA) is 16.8 Å². The minimum atomic E-state index is -0.216. The number of fused-ring (bicyclic) bond motifs is 1. The number of halogens is 2. The summed E-state index contributed by atoms with van der Waals surface area (Å²) in [6.45, 7) is 0. The van der Waals surface area contributed by atoms with Gasteiger partial charge in [0.2, 0.25) is 0 Å². The van der Waals surface area contributed by atoms with Crippen molar-refractivity contribution in [2.75, 3.05) is 0 Å². The van der Waals surface area contributed by atoms with Crippen LogP contribution in [-0.4, -0.2) is 4.98 Å². The Morgan fingerprint density at radius 1 is 1.17 bits per heavy atom. The van der Waals surface area contributed by atoms with E-state index in [9.17, 15) is 4.39 Å². The summed E-state index contributed by atoms with van der Waals surface area (Å²) in [5, 5.41) is 0.922. The number of pyridine rings is 1. The summed E-state index contributed by atoms with van der Waals surface area (Å²) >= 11 is 1.51. The van der Waals surface area contributed by atoms with Gasteiger partial charge in [0.1, 0.15) is 17.9 Å². The van der Waals surface area contributed by atoms with Crippen LogP contribution in [0, 0.1) is 5.82 Å². The Morgan fingerprint density at radius 3 is 2.61 bits per heavy atom. The lowest BCUT2D eigenvalue weighted by Crippen LogP contribution is -3.00. The zero-order valence-electron chi connectivity index (χ0n) is 9.60. The minimum Gasteiger partial charge on any atom is -1.00 e. The highest BCUT2D eigenvalue weighted by Gasteiger charge is 2.07. The molecule has 0 aliphatic carbocycles. The van der Waals surface area contributed by atoms with Crippen molar-refractivity contribution in [2.24, 2.45) is 7.05 Å². The molecule has 2 aromatic heterocycles. The zero-order valence-corrected chi connectivity index (χ0v) is 12.6. The molecule has 0 aliphatic rings. The molecule has 0 amide bonds. The van der Waals surface area contributed by atoms with Gasteiger partial charge in [-0.25, -0.2) is 13.9 Å². The monoisotopic (exact) mass is 372 g/mol. The predicted octanol–water partition coefficient (Wildman–Crippen LogP) is -0.0691. The van der Waals surface area contributed by atoms with Gasteiger partial charge >= 0.3 is 0 Å². The lowest BCUT2D eigenvalue weighted by atomic mass is 10.3. The van der Waals surface area contributed by atoms with E-state index in [4.69, 9.17) is 0 Å². The first-order chi connectivity index (χ1) is 8.22. The van der Waals surface area contributed by atoms with Gasteiger partial charge in [-0.05, 0) is 18.2 Å². The van der Waals surface area contributed by atoms with Crippen LogP contribution in [0.4, 0.5) is 4.39 Å². The second kappa shape index (κ2) is 5.27. The van der Waals surface area contributed by atoms with Gasteiger partial charge in [0.05, 0.1) is 10.2 Å². The van der Waals surface area contributed by atoms with Gasteiger partial charge in [-0.3, -0.25) is 0 Å². The molecule has 0 radical (unpaired) electrons. The highest BCUT2D eigenvalue weighted by molar-refractivity contribution is 7.21. The Hall–Kier alpha value is -1.08. The highest BCUT2D eigenvalue weighted by Crippen LogP contribution is 2.29. The maximum atomic E-state index is 13.1. The number of aryl methyl sites for hydroxylation is 1. The van der Waals surface area contributed by atoms with Crippen molar-refractivity contribution in [1.82, 2.24) is 4.98 Å². The summed E-state index contributed by atoms with van der Waals surface area (Å²) in [4.78, 5) is 4.50. The minimum absolute atomic E-state index is 0. The Morgan fingerprint density at radius 2 is 1.89 bits per heavy atom. The van der Waals surface area contributed by atoms with Crippen molar-refractivity contribution in [1.29, 1.82) is 0 Å².